The predicted molar refractivity (Wildman–Crippen MR) is 128 cm³/mol. The van der Waals surface area contributed by atoms with E-state index in [0.29, 0.717) is 5.75 Å². The molecule has 0 radical (unpaired) electrons. The Balaban J connectivity index is 1.46. The maximum atomic E-state index is 12.9. The minimum atomic E-state index is -4.51. The summed E-state index contributed by atoms with van der Waals surface area (Å²) in [4.78, 5) is 26.2. The Kier molecular flexibility index (Phi) is 7.39. The highest BCUT2D eigenvalue weighted by atomic mass is 32.2. The number of alkyl halides is 3. The number of benzene rings is 3. The van der Waals surface area contributed by atoms with Gasteiger partial charge >= 0.3 is 6.18 Å². The molecule has 1 saturated heterocycles. The second-order valence-electron chi connectivity index (χ2n) is 7.49. The van der Waals surface area contributed by atoms with E-state index in [2.05, 4.69) is 10.2 Å². The highest BCUT2D eigenvalue weighted by Crippen LogP contribution is 2.35. The fourth-order valence-electron chi connectivity index (χ4n) is 3.19. The number of halogens is 3. The fraction of sp³-hybridized carbons (Fsp3) is 0.120. The molecule has 0 bridgehead atoms. The van der Waals surface area contributed by atoms with Crippen molar-refractivity contribution in [2.75, 3.05) is 13.2 Å². The van der Waals surface area contributed by atoms with Crippen LogP contribution in [0.25, 0.3) is 6.08 Å². The number of imide groups is 1. The minimum Gasteiger partial charge on any atom is -0.507 e. The van der Waals surface area contributed by atoms with Gasteiger partial charge in [-0.15, -0.1) is 0 Å². The van der Waals surface area contributed by atoms with Crippen LogP contribution in [0.3, 0.4) is 0 Å². The Morgan fingerprint density at radius 2 is 1.67 bits per heavy atom. The Morgan fingerprint density at radius 1 is 0.944 bits per heavy atom. The summed E-state index contributed by atoms with van der Waals surface area (Å²) in [6.45, 7) is 0.167. The van der Waals surface area contributed by atoms with Crippen LogP contribution in [0.4, 0.5) is 29.3 Å². The van der Waals surface area contributed by atoms with Gasteiger partial charge in [0.15, 0.2) is 0 Å². The van der Waals surface area contributed by atoms with Gasteiger partial charge in [0.25, 0.3) is 11.1 Å². The third kappa shape index (κ3) is 6.11. The first-order chi connectivity index (χ1) is 17.2. The Bertz CT molecular complexity index is 1340. The number of azo groups is 1. The van der Waals surface area contributed by atoms with Crippen molar-refractivity contribution in [2.24, 2.45) is 10.2 Å². The first-order valence-corrected chi connectivity index (χ1v) is 11.4. The van der Waals surface area contributed by atoms with E-state index >= 15 is 0 Å². The van der Waals surface area contributed by atoms with Crippen LogP contribution in [0.5, 0.6) is 11.5 Å². The van der Waals surface area contributed by atoms with Crippen molar-refractivity contribution in [1.29, 1.82) is 0 Å². The summed E-state index contributed by atoms with van der Waals surface area (Å²) < 4.78 is 44.2. The number of phenolic OH excluding ortho intramolecular Hbond substituents is 1. The molecule has 1 aliphatic rings. The van der Waals surface area contributed by atoms with Gasteiger partial charge in [-0.1, -0.05) is 24.3 Å². The van der Waals surface area contributed by atoms with Crippen LogP contribution >= 0.6 is 11.8 Å². The SMILES string of the molecule is O=C1S/C(=C\c2cc(N=Nc3cccc(C(F)(F)F)c3)ccc2O)C(=O)N1CCOc1ccccc1. The van der Waals surface area contributed by atoms with Gasteiger partial charge in [0.2, 0.25) is 0 Å². The average Bonchev–Trinajstić information content (AvgIpc) is 3.12. The molecule has 0 aliphatic carbocycles. The molecule has 0 atom stereocenters. The van der Waals surface area contributed by atoms with Crippen molar-refractivity contribution in [1.82, 2.24) is 4.90 Å². The summed E-state index contributed by atoms with van der Waals surface area (Å²) in [5, 5.41) is 17.5. The maximum absolute atomic E-state index is 12.9. The molecule has 1 N–H and O–H groups in total. The van der Waals surface area contributed by atoms with Crippen LogP contribution in [-0.4, -0.2) is 34.3 Å². The van der Waals surface area contributed by atoms with Gasteiger partial charge in [0.05, 0.1) is 28.4 Å². The van der Waals surface area contributed by atoms with E-state index < -0.39 is 22.9 Å². The van der Waals surface area contributed by atoms with Gasteiger partial charge in [-0.05, 0) is 66.4 Å². The van der Waals surface area contributed by atoms with Crippen molar-refractivity contribution in [3.05, 3.63) is 88.8 Å². The summed E-state index contributed by atoms with van der Waals surface area (Å²) in [5.41, 5.74) is -0.429. The van der Waals surface area contributed by atoms with Crippen molar-refractivity contribution < 1.29 is 32.6 Å². The van der Waals surface area contributed by atoms with E-state index in [1.807, 2.05) is 6.07 Å². The number of carbonyl (C=O) groups excluding carboxylic acids is 2. The van der Waals surface area contributed by atoms with Gasteiger partial charge in [0, 0.05) is 5.56 Å². The van der Waals surface area contributed by atoms with Crippen LogP contribution in [0.2, 0.25) is 0 Å². The molecule has 7 nitrogen and oxygen atoms in total. The van der Waals surface area contributed by atoms with Crippen LogP contribution in [-0.2, 0) is 11.0 Å². The molecule has 0 saturated carbocycles. The third-order valence-corrected chi connectivity index (χ3v) is 5.86. The van der Waals surface area contributed by atoms with Gasteiger partial charge in [-0.25, -0.2) is 0 Å². The lowest BCUT2D eigenvalue weighted by Crippen LogP contribution is -2.32. The lowest BCUT2D eigenvalue weighted by atomic mass is 10.1. The lowest BCUT2D eigenvalue weighted by Gasteiger charge is -2.13. The largest absolute Gasteiger partial charge is 0.507 e. The molecule has 1 fully saturated rings. The first kappa shape index (κ1) is 25.0. The summed E-state index contributed by atoms with van der Waals surface area (Å²) in [6.07, 6.45) is -3.16. The number of hydrogen-bond acceptors (Lipinski definition) is 7. The molecule has 1 aliphatic heterocycles. The minimum absolute atomic E-state index is 0.00158. The molecular weight excluding hydrogens is 495 g/mol. The van der Waals surface area contributed by atoms with Gasteiger partial charge in [-0.3, -0.25) is 14.5 Å². The topological polar surface area (TPSA) is 91.6 Å². The highest BCUT2D eigenvalue weighted by molar-refractivity contribution is 8.18. The molecule has 11 heteroatoms. The molecule has 184 valence electrons. The van der Waals surface area contributed by atoms with Crippen molar-refractivity contribution >= 4 is 40.4 Å². The Labute approximate surface area is 207 Å². The van der Waals surface area contributed by atoms with Crippen molar-refractivity contribution in [2.45, 2.75) is 6.18 Å². The molecule has 4 rings (SSSR count). The van der Waals surface area contributed by atoms with Crippen LogP contribution in [0.1, 0.15) is 11.1 Å². The van der Waals surface area contributed by atoms with Gasteiger partial charge in [-0.2, -0.15) is 23.4 Å². The molecule has 0 aromatic heterocycles. The van der Waals surface area contributed by atoms with E-state index in [4.69, 9.17) is 4.74 Å². The van der Waals surface area contributed by atoms with E-state index in [0.717, 1.165) is 28.8 Å². The number of ether oxygens (including phenoxy) is 1. The quantitative estimate of drug-likeness (QED) is 0.273. The van der Waals surface area contributed by atoms with Crippen LogP contribution in [0.15, 0.2) is 87.9 Å². The zero-order valence-electron chi connectivity index (χ0n) is 18.5. The second kappa shape index (κ2) is 10.6. The monoisotopic (exact) mass is 513 g/mol. The standard InChI is InChI=1S/C25H18F3N3O4S/c26-25(27,28)17-5-4-6-18(15-17)29-30-19-9-10-21(32)16(13-19)14-22-23(33)31(24(34)36-22)11-12-35-20-7-2-1-3-8-20/h1-10,13-15,32H,11-12H2/b22-14-,30-29?. The molecular formula is C25H18F3N3O4S. The van der Waals surface area contributed by atoms with Gasteiger partial charge < -0.3 is 9.84 Å². The molecule has 0 spiro atoms. The summed E-state index contributed by atoms with van der Waals surface area (Å²) >= 11 is 0.723. The lowest BCUT2D eigenvalue weighted by molar-refractivity contribution is -0.137. The predicted octanol–water partition coefficient (Wildman–Crippen LogP) is 6.94. The zero-order valence-corrected chi connectivity index (χ0v) is 19.3. The van der Waals surface area contributed by atoms with E-state index in [1.165, 1.54) is 36.4 Å². The second-order valence-corrected chi connectivity index (χ2v) is 8.48. The summed E-state index contributed by atoms with van der Waals surface area (Å²) in [7, 11) is 0. The molecule has 0 unspecified atom stereocenters. The fourth-order valence-corrected chi connectivity index (χ4v) is 4.04. The average molecular weight is 513 g/mol. The van der Waals surface area contributed by atoms with Gasteiger partial charge in [0.1, 0.15) is 18.1 Å². The zero-order chi connectivity index (χ0) is 25.7. The first-order valence-electron chi connectivity index (χ1n) is 10.6. The number of carbonyl (C=O) groups is 2. The number of amides is 2. The number of thioether (sulfide) groups is 1. The molecule has 1 heterocycles. The van der Waals surface area contributed by atoms with Crippen LogP contribution < -0.4 is 4.74 Å². The van der Waals surface area contributed by atoms with Crippen LogP contribution in [0, 0.1) is 0 Å². The molecule has 3 aromatic carbocycles. The molecule has 3 aromatic rings. The summed E-state index contributed by atoms with van der Waals surface area (Å²) in [5.74, 6) is -0.0923. The Morgan fingerprint density at radius 3 is 2.39 bits per heavy atom. The van der Waals surface area contributed by atoms with Crippen molar-refractivity contribution in [3.8, 4) is 11.5 Å². The number of aromatic hydroxyl groups is 1. The number of phenols is 1. The third-order valence-electron chi connectivity index (χ3n) is 4.95. The molecule has 36 heavy (non-hydrogen) atoms. The van der Waals surface area contributed by atoms with E-state index in [9.17, 15) is 27.9 Å². The highest BCUT2D eigenvalue weighted by Gasteiger charge is 2.35. The number of nitrogens with zero attached hydrogens (tertiary/aromatic N) is 3. The van der Waals surface area contributed by atoms with E-state index in [1.54, 1.807) is 24.3 Å². The van der Waals surface area contributed by atoms with E-state index in [-0.39, 0.29) is 40.7 Å². The maximum Gasteiger partial charge on any atom is 0.416 e. The molecule has 2 amide bonds. The number of rotatable bonds is 7. The smallest absolute Gasteiger partial charge is 0.416 e. The normalized spacial score (nSPS) is 15.3. The summed E-state index contributed by atoms with van der Waals surface area (Å²) in [6, 6.07) is 17.5. The number of hydrogen-bond donors (Lipinski definition) is 1. The van der Waals surface area contributed by atoms with Crippen molar-refractivity contribution in [3.63, 3.8) is 0 Å². The Hall–Kier alpha value is -4.12. The number of para-hydroxylation sites is 1.